The summed E-state index contributed by atoms with van der Waals surface area (Å²) in [6, 6.07) is 1.47. The molecule has 10 heteroatoms. The fraction of sp³-hybridized carbons (Fsp3) is 0.667. The van der Waals surface area contributed by atoms with Gasteiger partial charge in [-0.05, 0) is 13.8 Å². The number of rotatable bonds is 7. The molecular weight excluding hydrogens is 294 g/mol. The fourth-order valence-corrected chi connectivity index (χ4v) is 2.78. The van der Waals surface area contributed by atoms with E-state index in [0.29, 0.717) is 5.76 Å². The van der Waals surface area contributed by atoms with E-state index >= 15 is 0 Å². The van der Waals surface area contributed by atoms with Gasteiger partial charge in [0.15, 0.2) is 5.82 Å². The van der Waals surface area contributed by atoms with Crippen LogP contribution >= 0.6 is 0 Å². The van der Waals surface area contributed by atoms with E-state index in [1.807, 2.05) is 0 Å². The second kappa shape index (κ2) is 5.88. The number of aryl methyl sites for hydroxylation is 1. The van der Waals surface area contributed by atoms with Gasteiger partial charge in [0.2, 0.25) is 20.0 Å². The molecule has 0 amide bonds. The molecule has 0 aliphatic carbocycles. The summed E-state index contributed by atoms with van der Waals surface area (Å²) in [5.41, 5.74) is 0. The Morgan fingerprint density at radius 2 is 2.00 bits per heavy atom. The van der Waals surface area contributed by atoms with E-state index in [4.69, 9.17) is 4.52 Å². The second-order valence-corrected chi connectivity index (χ2v) is 7.93. The minimum Gasteiger partial charge on any atom is -0.360 e. The summed E-state index contributed by atoms with van der Waals surface area (Å²) >= 11 is 0. The van der Waals surface area contributed by atoms with Crippen molar-refractivity contribution in [3.63, 3.8) is 0 Å². The first-order chi connectivity index (χ1) is 8.65. The monoisotopic (exact) mass is 311 g/mol. The molecule has 0 fully saturated rings. The lowest BCUT2D eigenvalue weighted by Gasteiger charge is -2.18. The van der Waals surface area contributed by atoms with Gasteiger partial charge >= 0.3 is 0 Å². The molecule has 1 heterocycles. The summed E-state index contributed by atoms with van der Waals surface area (Å²) in [7, 11) is -6.91. The molecule has 0 aliphatic rings. The number of anilines is 1. The van der Waals surface area contributed by atoms with E-state index < -0.39 is 20.0 Å². The predicted octanol–water partition coefficient (Wildman–Crippen LogP) is -0.312. The Morgan fingerprint density at radius 3 is 2.42 bits per heavy atom. The van der Waals surface area contributed by atoms with Crippen molar-refractivity contribution in [2.24, 2.45) is 0 Å². The first kappa shape index (κ1) is 15.9. The third-order valence-electron chi connectivity index (χ3n) is 2.29. The molecule has 0 aliphatic heterocycles. The topological polar surface area (TPSA) is 110 Å². The third kappa shape index (κ3) is 4.80. The first-order valence-electron chi connectivity index (χ1n) is 5.54. The van der Waals surface area contributed by atoms with Crippen LogP contribution in [0, 0.1) is 6.92 Å². The molecule has 1 N–H and O–H groups in total. The van der Waals surface area contributed by atoms with Gasteiger partial charge < -0.3 is 4.52 Å². The van der Waals surface area contributed by atoms with E-state index in [2.05, 4.69) is 9.88 Å². The van der Waals surface area contributed by atoms with Gasteiger partial charge in [0, 0.05) is 19.2 Å². The quantitative estimate of drug-likeness (QED) is 0.739. The minimum absolute atomic E-state index is 0.0326. The van der Waals surface area contributed by atoms with Crippen molar-refractivity contribution in [2.45, 2.75) is 13.8 Å². The molecule has 19 heavy (non-hydrogen) atoms. The van der Waals surface area contributed by atoms with Gasteiger partial charge in [-0.1, -0.05) is 5.16 Å². The van der Waals surface area contributed by atoms with Gasteiger partial charge in [-0.25, -0.2) is 25.9 Å². The molecule has 0 spiro atoms. The number of sulfonamides is 2. The van der Waals surface area contributed by atoms with Gasteiger partial charge in [-0.15, -0.1) is 0 Å². The number of hydrogen-bond donors (Lipinski definition) is 1. The predicted molar refractivity (Wildman–Crippen MR) is 70.9 cm³/mol. The highest BCUT2D eigenvalue weighted by molar-refractivity contribution is 7.92. The van der Waals surface area contributed by atoms with Crippen molar-refractivity contribution in [1.29, 1.82) is 0 Å². The van der Waals surface area contributed by atoms with E-state index in [0.717, 1.165) is 10.6 Å². The Labute approximate surface area is 112 Å². The van der Waals surface area contributed by atoms with Crippen molar-refractivity contribution < 1.29 is 21.4 Å². The molecule has 0 atom stereocenters. The summed E-state index contributed by atoms with van der Waals surface area (Å²) in [6.45, 7) is 3.05. The first-order valence-corrected chi connectivity index (χ1v) is 9.04. The number of aromatic nitrogens is 1. The lowest BCUT2D eigenvalue weighted by molar-refractivity contribution is 0.398. The largest absolute Gasteiger partial charge is 0.360 e. The Bertz CT molecular complexity index is 620. The zero-order valence-electron chi connectivity index (χ0n) is 11.0. The Balaban J connectivity index is 2.79. The molecule has 1 rings (SSSR count). The SMILES string of the molecule is CCS(=O)(=O)NCCN(c1cc(C)on1)S(C)(=O)=O. The Kier molecular flexibility index (Phi) is 4.93. The van der Waals surface area contributed by atoms with Crippen LogP contribution in [0.2, 0.25) is 0 Å². The van der Waals surface area contributed by atoms with Crippen LogP contribution in [0.1, 0.15) is 12.7 Å². The Hall–Kier alpha value is -1.13. The molecule has 0 aromatic carbocycles. The molecule has 0 unspecified atom stereocenters. The molecule has 0 radical (unpaired) electrons. The average molecular weight is 311 g/mol. The number of nitrogens with zero attached hydrogens (tertiary/aromatic N) is 2. The van der Waals surface area contributed by atoms with Crippen molar-refractivity contribution in [3.8, 4) is 0 Å². The van der Waals surface area contributed by atoms with Crippen molar-refractivity contribution in [1.82, 2.24) is 9.88 Å². The number of hydrogen-bond acceptors (Lipinski definition) is 6. The Morgan fingerprint density at radius 1 is 1.37 bits per heavy atom. The van der Waals surface area contributed by atoms with Crippen molar-refractivity contribution >= 4 is 25.9 Å². The molecule has 110 valence electrons. The molecule has 1 aromatic rings. The maximum atomic E-state index is 11.6. The van der Waals surface area contributed by atoms with Crippen LogP contribution in [0.25, 0.3) is 0 Å². The highest BCUT2D eigenvalue weighted by Crippen LogP contribution is 2.16. The van der Waals surface area contributed by atoms with Gasteiger partial charge in [0.1, 0.15) is 5.76 Å². The van der Waals surface area contributed by atoms with E-state index in [1.54, 1.807) is 6.92 Å². The summed E-state index contributed by atoms with van der Waals surface area (Å²) in [6.07, 6.45) is 1.02. The van der Waals surface area contributed by atoms with Crippen LogP contribution in [0.3, 0.4) is 0 Å². The molecule has 8 nitrogen and oxygen atoms in total. The second-order valence-electron chi connectivity index (χ2n) is 3.93. The van der Waals surface area contributed by atoms with Crippen LogP contribution in [-0.2, 0) is 20.0 Å². The number of nitrogens with one attached hydrogen (secondary N) is 1. The summed E-state index contributed by atoms with van der Waals surface area (Å²) in [5.74, 6) is 0.545. The minimum atomic E-state index is -3.55. The molecular formula is C9H17N3O5S2. The molecule has 0 bridgehead atoms. The van der Waals surface area contributed by atoms with Gasteiger partial charge in [-0.2, -0.15) is 0 Å². The average Bonchev–Trinajstić information content (AvgIpc) is 2.69. The lowest BCUT2D eigenvalue weighted by Crippen LogP contribution is -2.38. The van der Waals surface area contributed by atoms with Crippen LogP contribution in [0.15, 0.2) is 10.6 Å². The highest BCUT2D eigenvalue weighted by Gasteiger charge is 2.21. The van der Waals surface area contributed by atoms with Crippen LogP contribution in [-0.4, -0.2) is 47.1 Å². The summed E-state index contributed by atoms with van der Waals surface area (Å²) in [5, 5.41) is 3.61. The van der Waals surface area contributed by atoms with Crippen LogP contribution in [0.4, 0.5) is 5.82 Å². The van der Waals surface area contributed by atoms with E-state index in [9.17, 15) is 16.8 Å². The van der Waals surface area contributed by atoms with Crippen molar-refractivity contribution in [2.75, 3.05) is 29.4 Å². The van der Waals surface area contributed by atoms with Crippen molar-refractivity contribution in [3.05, 3.63) is 11.8 Å². The standard InChI is InChI=1S/C9H17N3O5S2/c1-4-19(15,16)10-5-6-12(18(3,13)14)9-7-8(2)17-11-9/h7,10H,4-6H2,1-3H3. The third-order valence-corrected chi connectivity index (χ3v) is 4.86. The molecule has 0 saturated carbocycles. The summed E-state index contributed by atoms with van der Waals surface area (Å²) < 4.78 is 53.9. The zero-order valence-corrected chi connectivity index (χ0v) is 12.6. The molecule has 0 saturated heterocycles. The zero-order chi connectivity index (χ0) is 14.7. The van der Waals surface area contributed by atoms with Crippen LogP contribution < -0.4 is 9.03 Å². The highest BCUT2D eigenvalue weighted by atomic mass is 32.2. The molecule has 1 aromatic heterocycles. The smallest absolute Gasteiger partial charge is 0.233 e. The van der Waals surface area contributed by atoms with Crippen LogP contribution in [0.5, 0.6) is 0 Å². The summed E-state index contributed by atoms with van der Waals surface area (Å²) in [4.78, 5) is 0. The van der Waals surface area contributed by atoms with Gasteiger partial charge in [0.05, 0.1) is 12.0 Å². The normalized spacial score (nSPS) is 12.6. The van der Waals surface area contributed by atoms with E-state index in [-0.39, 0.29) is 24.7 Å². The van der Waals surface area contributed by atoms with Gasteiger partial charge in [-0.3, -0.25) is 0 Å². The lowest BCUT2D eigenvalue weighted by atomic mass is 10.5. The van der Waals surface area contributed by atoms with E-state index in [1.165, 1.54) is 13.0 Å². The maximum Gasteiger partial charge on any atom is 0.233 e. The maximum absolute atomic E-state index is 11.6. The van der Waals surface area contributed by atoms with Gasteiger partial charge in [0.25, 0.3) is 0 Å². The fourth-order valence-electron chi connectivity index (χ4n) is 1.33.